The molecule has 0 aromatic heterocycles. The Morgan fingerprint density at radius 1 is 1.27 bits per heavy atom. The topological polar surface area (TPSA) is 66.6 Å². The SMILES string of the molecule is CN1CC(=O)N(CC(C)(C)CN)C(=O)C1. The summed E-state index contributed by atoms with van der Waals surface area (Å²) in [7, 11) is 1.77. The van der Waals surface area contributed by atoms with Gasteiger partial charge in [0.1, 0.15) is 0 Å². The van der Waals surface area contributed by atoms with Crippen LogP contribution in [0.3, 0.4) is 0 Å². The average molecular weight is 213 g/mol. The van der Waals surface area contributed by atoms with Crippen molar-refractivity contribution in [2.75, 3.05) is 33.2 Å². The molecular formula is C10H19N3O2. The van der Waals surface area contributed by atoms with E-state index in [0.29, 0.717) is 26.2 Å². The minimum atomic E-state index is -0.207. The van der Waals surface area contributed by atoms with Gasteiger partial charge in [-0.1, -0.05) is 13.8 Å². The van der Waals surface area contributed by atoms with Gasteiger partial charge in [-0.15, -0.1) is 0 Å². The molecule has 0 saturated carbocycles. The molecule has 5 heteroatoms. The van der Waals surface area contributed by atoms with E-state index in [1.54, 1.807) is 11.9 Å². The molecule has 1 aliphatic heterocycles. The van der Waals surface area contributed by atoms with Crippen molar-refractivity contribution in [2.45, 2.75) is 13.8 Å². The Labute approximate surface area is 90.2 Å². The summed E-state index contributed by atoms with van der Waals surface area (Å²) in [4.78, 5) is 26.3. The van der Waals surface area contributed by atoms with E-state index in [1.165, 1.54) is 4.90 Å². The van der Waals surface area contributed by atoms with E-state index in [4.69, 9.17) is 5.73 Å². The Morgan fingerprint density at radius 2 is 1.73 bits per heavy atom. The summed E-state index contributed by atoms with van der Waals surface area (Å²) in [5.74, 6) is -0.259. The second-order valence-corrected chi connectivity index (χ2v) is 4.91. The largest absolute Gasteiger partial charge is 0.330 e. The van der Waals surface area contributed by atoms with Crippen LogP contribution < -0.4 is 5.73 Å². The fourth-order valence-corrected chi connectivity index (χ4v) is 1.50. The molecule has 1 fully saturated rings. The first-order chi connectivity index (χ1) is 6.85. The van der Waals surface area contributed by atoms with Gasteiger partial charge in [0.2, 0.25) is 11.8 Å². The number of carbonyl (C=O) groups excluding carboxylic acids is 2. The predicted molar refractivity (Wildman–Crippen MR) is 57.1 cm³/mol. The van der Waals surface area contributed by atoms with Crippen LogP contribution in [0.5, 0.6) is 0 Å². The van der Waals surface area contributed by atoms with Crippen LogP contribution in [-0.2, 0) is 9.59 Å². The highest BCUT2D eigenvalue weighted by Crippen LogP contribution is 2.16. The van der Waals surface area contributed by atoms with Crippen LogP contribution in [0.25, 0.3) is 0 Å². The highest BCUT2D eigenvalue weighted by molar-refractivity contribution is 5.99. The summed E-state index contributed by atoms with van der Waals surface area (Å²) in [6, 6.07) is 0. The molecule has 0 unspecified atom stereocenters. The number of likely N-dealkylation sites (N-methyl/N-ethyl adjacent to an activating group) is 1. The molecule has 0 atom stereocenters. The lowest BCUT2D eigenvalue weighted by Gasteiger charge is -2.35. The zero-order valence-corrected chi connectivity index (χ0v) is 9.62. The zero-order valence-electron chi connectivity index (χ0n) is 9.62. The minimum absolute atomic E-state index is 0.129. The van der Waals surface area contributed by atoms with Gasteiger partial charge in [0.05, 0.1) is 13.1 Å². The second kappa shape index (κ2) is 4.28. The smallest absolute Gasteiger partial charge is 0.243 e. The van der Waals surface area contributed by atoms with Gasteiger partial charge in [0, 0.05) is 6.54 Å². The summed E-state index contributed by atoms with van der Waals surface area (Å²) in [5, 5.41) is 0. The van der Waals surface area contributed by atoms with Crippen molar-refractivity contribution in [3.05, 3.63) is 0 Å². The van der Waals surface area contributed by atoms with Crippen LogP contribution >= 0.6 is 0 Å². The molecule has 0 bridgehead atoms. The third-order valence-electron chi connectivity index (χ3n) is 2.55. The number of amides is 2. The van der Waals surface area contributed by atoms with Crippen LogP contribution in [-0.4, -0.2) is 54.8 Å². The first-order valence-electron chi connectivity index (χ1n) is 5.07. The van der Waals surface area contributed by atoms with E-state index in [2.05, 4.69) is 0 Å². The second-order valence-electron chi connectivity index (χ2n) is 4.91. The Kier molecular flexibility index (Phi) is 3.46. The lowest BCUT2D eigenvalue weighted by Crippen LogP contribution is -2.55. The van der Waals surface area contributed by atoms with Crippen molar-refractivity contribution < 1.29 is 9.59 Å². The van der Waals surface area contributed by atoms with Crippen LogP contribution in [0.1, 0.15) is 13.8 Å². The summed E-state index contributed by atoms with van der Waals surface area (Å²) in [5.41, 5.74) is 5.37. The molecule has 2 amide bonds. The molecule has 0 aliphatic carbocycles. The Hall–Kier alpha value is -0.940. The quantitative estimate of drug-likeness (QED) is 0.628. The molecule has 1 saturated heterocycles. The predicted octanol–water partition coefficient (Wildman–Crippen LogP) is -0.728. The highest BCUT2D eigenvalue weighted by Gasteiger charge is 2.32. The lowest BCUT2D eigenvalue weighted by molar-refractivity contribution is -0.152. The van der Waals surface area contributed by atoms with E-state index in [9.17, 15) is 9.59 Å². The van der Waals surface area contributed by atoms with Crippen molar-refractivity contribution in [3.8, 4) is 0 Å². The first kappa shape index (κ1) is 12.1. The third kappa shape index (κ3) is 3.00. The van der Waals surface area contributed by atoms with E-state index in [1.807, 2.05) is 13.8 Å². The van der Waals surface area contributed by atoms with Crippen LogP contribution in [0.2, 0.25) is 0 Å². The number of carbonyl (C=O) groups is 2. The van der Waals surface area contributed by atoms with Gasteiger partial charge in [-0.25, -0.2) is 0 Å². The van der Waals surface area contributed by atoms with Crippen molar-refractivity contribution in [3.63, 3.8) is 0 Å². The number of piperazine rings is 1. The molecule has 0 radical (unpaired) electrons. The van der Waals surface area contributed by atoms with Gasteiger partial charge in [-0.2, -0.15) is 0 Å². The monoisotopic (exact) mass is 213 g/mol. The van der Waals surface area contributed by atoms with Gasteiger partial charge >= 0.3 is 0 Å². The van der Waals surface area contributed by atoms with Crippen molar-refractivity contribution in [1.82, 2.24) is 9.80 Å². The first-order valence-corrected chi connectivity index (χ1v) is 5.07. The average Bonchev–Trinajstić information content (AvgIpc) is 2.11. The maximum absolute atomic E-state index is 11.6. The molecule has 1 aliphatic rings. The molecular weight excluding hydrogens is 194 g/mol. The van der Waals surface area contributed by atoms with E-state index in [0.717, 1.165) is 0 Å². The molecule has 0 aromatic carbocycles. The standard InChI is InChI=1S/C10H19N3O2/c1-10(2,6-11)7-13-8(14)4-12(3)5-9(13)15/h4-7,11H2,1-3H3. The van der Waals surface area contributed by atoms with Crippen molar-refractivity contribution >= 4 is 11.8 Å². The van der Waals surface area contributed by atoms with Gasteiger partial charge in [0.25, 0.3) is 0 Å². The Balaban J connectivity index is 2.69. The van der Waals surface area contributed by atoms with Crippen molar-refractivity contribution in [2.24, 2.45) is 11.1 Å². The fourth-order valence-electron chi connectivity index (χ4n) is 1.50. The molecule has 0 aromatic rings. The molecule has 1 heterocycles. The molecule has 1 rings (SSSR count). The maximum atomic E-state index is 11.6. The fraction of sp³-hybridized carbons (Fsp3) is 0.800. The van der Waals surface area contributed by atoms with Crippen molar-refractivity contribution in [1.29, 1.82) is 0 Å². The van der Waals surface area contributed by atoms with Gasteiger partial charge in [-0.05, 0) is 19.0 Å². The minimum Gasteiger partial charge on any atom is -0.330 e. The number of nitrogens with zero attached hydrogens (tertiary/aromatic N) is 2. The van der Waals surface area contributed by atoms with E-state index in [-0.39, 0.29) is 17.2 Å². The number of imide groups is 1. The Morgan fingerprint density at radius 3 is 2.13 bits per heavy atom. The van der Waals surface area contributed by atoms with Crippen LogP contribution in [0, 0.1) is 5.41 Å². The normalized spacial score (nSPS) is 19.9. The number of nitrogens with two attached hydrogens (primary N) is 1. The van der Waals surface area contributed by atoms with Gasteiger partial charge in [0.15, 0.2) is 0 Å². The third-order valence-corrected chi connectivity index (χ3v) is 2.55. The van der Waals surface area contributed by atoms with Crippen LogP contribution in [0.15, 0.2) is 0 Å². The summed E-state index contributed by atoms with van der Waals surface area (Å²) >= 11 is 0. The van der Waals surface area contributed by atoms with Crippen LogP contribution in [0.4, 0.5) is 0 Å². The van der Waals surface area contributed by atoms with E-state index < -0.39 is 0 Å². The van der Waals surface area contributed by atoms with Gasteiger partial charge < -0.3 is 5.73 Å². The number of rotatable bonds is 3. The number of hydrogen-bond donors (Lipinski definition) is 1. The molecule has 0 spiro atoms. The maximum Gasteiger partial charge on any atom is 0.243 e. The highest BCUT2D eigenvalue weighted by atomic mass is 16.2. The summed E-state index contributed by atoms with van der Waals surface area (Å²) in [6.07, 6.45) is 0. The number of hydrogen-bond acceptors (Lipinski definition) is 4. The summed E-state index contributed by atoms with van der Waals surface area (Å²) in [6.45, 7) is 5.39. The Bertz CT molecular complexity index is 258. The van der Waals surface area contributed by atoms with E-state index >= 15 is 0 Å². The molecule has 5 nitrogen and oxygen atoms in total. The molecule has 2 N–H and O–H groups in total. The molecule has 15 heavy (non-hydrogen) atoms. The molecule has 86 valence electrons. The lowest BCUT2D eigenvalue weighted by atomic mass is 9.92. The summed E-state index contributed by atoms with van der Waals surface area (Å²) < 4.78 is 0. The van der Waals surface area contributed by atoms with Gasteiger partial charge in [-0.3, -0.25) is 19.4 Å². The zero-order chi connectivity index (χ0) is 11.6.